The summed E-state index contributed by atoms with van der Waals surface area (Å²) in [5.41, 5.74) is 7.71. The van der Waals surface area contributed by atoms with E-state index >= 15 is 0 Å². The maximum atomic E-state index is 13.0. The Labute approximate surface area is 188 Å². The fourth-order valence-corrected chi connectivity index (χ4v) is 4.56. The van der Waals surface area contributed by atoms with E-state index in [2.05, 4.69) is 35.6 Å². The molecule has 0 aromatic heterocycles. The van der Waals surface area contributed by atoms with Gasteiger partial charge in [0.05, 0.1) is 5.69 Å². The first-order chi connectivity index (χ1) is 15.5. The zero-order valence-corrected chi connectivity index (χ0v) is 18.5. The van der Waals surface area contributed by atoms with Gasteiger partial charge in [-0.05, 0) is 54.2 Å². The van der Waals surface area contributed by atoms with E-state index in [4.69, 9.17) is 0 Å². The van der Waals surface area contributed by atoms with Crippen molar-refractivity contribution in [2.24, 2.45) is 0 Å². The van der Waals surface area contributed by atoms with Gasteiger partial charge in [0.15, 0.2) is 0 Å². The third-order valence-corrected chi connectivity index (χ3v) is 6.72. The molecule has 2 amide bonds. The molecule has 2 aliphatic heterocycles. The average Bonchev–Trinajstić information content (AvgIpc) is 3.47. The van der Waals surface area contributed by atoms with Gasteiger partial charge in [-0.25, -0.2) is 5.43 Å². The SMILES string of the molecule is CCCN1NCc2ccc(-c3ccc(C(=O)N4CCN(C(=O)C5(O)CC5)CC4)cc3)cc21. The number of fused-ring (bicyclic) bond motifs is 1. The molecular formula is C25H30N4O3. The van der Waals surface area contributed by atoms with Crippen molar-refractivity contribution in [1.29, 1.82) is 0 Å². The maximum absolute atomic E-state index is 13.0. The molecule has 168 valence electrons. The molecule has 1 aliphatic carbocycles. The predicted molar refractivity (Wildman–Crippen MR) is 123 cm³/mol. The number of nitrogens with one attached hydrogen (secondary N) is 1. The number of rotatable bonds is 5. The Bertz CT molecular complexity index is 1020. The third kappa shape index (κ3) is 3.87. The van der Waals surface area contributed by atoms with Crippen LogP contribution in [0.2, 0.25) is 0 Å². The zero-order chi connectivity index (χ0) is 22.3. The maximum Gasteiger partial charge on any atom is 0.254 e. The van der Waals surface area contributed by atoms with Crippen molar-refractivity contribution < 1.29 is 14.7 Å². The van der Waals surface area contributed by atoms with Crippen LogP contribution in [-0.2, 0) is 11.3 Å². The van der Waals surface area contributed by atoms with Gasteiger partial charge in [-0.15, -0.1) is 0 Å². The van der Waals surface area contributed by atoms with Crippen LogP contribution in [-0.4, -0.2) is 65.0 Å². The lowest BCUT2D eigenvalue weighted by molar-refractivity contribution is -0.143. The summed E-state index contributed by atoms with van der Waals surface area (Å²) in [7, 11) is 0. The Morgan fingerprint density at radius 3 is 2.28 bits per heavy atom. The molecule has 32 heavy (non-hydrogen) atoms. The molecule has 1 saturated heterocycles. The molecule has 2 heterocycles. The van der Waals surface area contributed by atoms with E-state index in [9.17, 15) is 14.7 Å². The molecule has 3 aliphatic rings. The predicted octanol–water partition coefficient (Wildman–Crippen LogP) is 2.40. The molecule has 7 heteroatoms. The van der Waals surface area contributed by atoms with Crippen LogP contribution < -0.4 is 10.4 Å². The number of benzene rings is 2. The first-order valence-corrected chi connectivity index (χ1v) is 11.5. The van der Waals surface area contributed by atoms with Gasteiger partial charge in [0.25, 0.3) is 11.8 Å². The van der Waals surface area contributed by atoms with Crippen LogP contribution in [0, 0.1) is 0 Å². The lowest BCUT2D eigenvalue weighted by Crippen LogP contribution is -2.53. The lowest BCUT2D eigenvalue weighted by Gasteiger charge is -2.35. The quantitative estimate of drug-likeness (QED) is 0.756. The van der Waals surface area contributed by atoms with Gasteiger partial charge in [0.2, 0.25) is 0 Å². The first-order valence-electron chi connectivity index (χ1n) is 11.5. The van der Waals surface area contributed by atoms with Crippen molar-refractivity contribution >= 4 is 17.5 Å². The van der Waals surface area contributed by atoms with Crippen LogP contribution >= 0.6 is 0 Å². The van der Waals surface area contributed by atoms with Crippen molar-refractivity contribution in [1.82, 2.24) is 15.2 Å². The summed E-state index contributed by atoms with van der Waals surface area (Å²) in [6.07, 6.45) is 2.18. The third-order valence-electron chi connectivity index (χ3n) is 6.72. The van der Waals surface area contributed by atoms with E-state index in [1.807, 2.05) is 24.3 Å². The summed E-state index contributed by atoms with van der Waals surface area (Å²) in [4.78, 5) is 28.7. The van der Waals surface area contributed by atoms with E-state index in [1.165, 1.54) is 11.3 Å². The lowest BCUT2D eigenvalue weighted by atomic mass is 10.0. The minimum atomic E-state index is -1.14. The van der Waals surface area contributed by atoms with Crippen molar-refractivity contribution in [2.75, 3.05) is 37.7 Å². The highest BCUT2D eigenvalue weighted by Gasteiger charge is 2.50. The highest BCUT2D eigenvalue weighted by molar-refractivity contribution is 5.95. The monoisotopic (exact) mass is 434 g/mol. The van der Waals surface area contributed by atoms with Crippen LogP contribution in [0.4, 0.5) is 5.69 Å². The highest BCUT2D eigenvalue weighted by Crippen LogP contribution is 2.37. The number of hydrogen-bond donors (Lipinski definition) is 2. The number of hydrogen-bond acceptors (Lipinski definition) is 5. The molecule has 0 spiro atoms. The summed E-state index contributed by atoms with van der Waals surface area (Å²) in [6, 6.07) is 14.3. The Morgan fingerprint density at radius 1 is 0.969 bits per heavy atom. The molecule has 0 bridgehead atoms. The molecule has 2 aromatic rings. The van der Waals surface area contributed by atoms with E-state index in [-0.39, 0.29) is 11.8 Å². The number of hydrazine groups is 1. The number of piperazine rings is 1. The van der Waals surface area contributed by atoms with E-state index in [0.717, 1.165) is 30.6 Å². The van der Waals surface area contributed by atoms with Gasteiger partial charge >= 0.3 is 0 Å². The smallest absolute Gasteiger partial charge is 0.254 e. The second-order valence-electron chi connectivity index (χ2n) is 9.02. The Morgan fingerprint density at radius 2 is 1.62 bits per heavy atom. The normalized spacial score (nSPS) is 19.1. The van der Waals surface area contributed by atoms with Gasteiger partial charge in [-0.2, -0.15) is 0 Å². The average molecular weight is 435 g/mol. The number of aliphatic hydroxyl groups is 1. The van der Waals surface area contributed by atoms with Crippen LogP contribution in [0.25, 0.3) is 11.1 Å². The first kappa shape index (κ1) is 21.0. The topological polar surface area (TPSA) is 76.1 Å². The van der Waals surface area contributed by atoms with Gasteiger partial charge in [-0.3, -0.25) is 9.59 Å². The molecule has 0 atom stereocenters. The number of anilines is 1. The summed E-state index contributed by atoms with van der Waals surface area (Å²) >= 11 is 0. The Kier molecular flexibility index (Phi) is 5.39. The number of nitrogens with zero attached hydrogens (tertiary/aromatic N) is 3. The van der Waals surface area contributed by atoms with Crippen LogP contribution in [0.3, 0.4) is 0 Å². The van der Waals surface area contributed by atoms with E-state index in [1.54, 1.807) is 9.80 Å². The molecule has 5 rings (SSSR count). The van der Waals surface area contributed by atoms with Gasteiger partial charge < -0.3 is 19.9 Å². The largest absolute Gasteiger partial charge is 0.380 e. The molecule has 2 fully saturated rings. The van der Waals surface area contributed by atoms with Gasteiger partial charge in [0.1, 0.15) is 5.60 Å². The standard InChI is InChI=1S/C25H30N4O3/c1-2-11-29-22-16-20(7-8-21(22)17-26-29)18-3-5-19(6-4-18)23(30)27-12-14-28(15-13-27)24(31)25(32)9-10-25/h3-8,16,26,32H,2,9-15,17H2,1H3. The van der Waals surface area contributed by atoms with Crippen molar-refractivity contribution in [3.8, 4) is 11.1 Å². The highest BCUT2D eigenvalue weighted by atomic mass is 16.3. The van der Waals surface area contributed by atoms with E-state index < -0.39 is 5.60 Å². The molecular weight excluding hydrogens is 404 g/mol. The molecule has 0 unspecified atom stereocenters. The Balaban J connectivity index is 1.24. The van der Waals surface area contributed by atoms with Gasteiger partial charge in [0, 0.05) is 44.8 Å². The van der Waals surface area contributed by atoms with Gasteiger partial charge in [-0.1, -0.05) is 31.2 Å². The van der Waals surface area contributed by atoms with Crippen LogP contribution in [0.15, 0.2) is 42.5 Å². The van der Waals surface area contributed by atoms with Crippen LogP contribution in [0.5, 0.6) is 0 Å². The minimum Gasteiger partial charge on any atom is -0.380 e. The second kappa shape index (κ2) is 8.22. The summed E-state index contributed by atoms with van der Waals surface area (Å²) in [5.74, 6) is -0.197. The molecule has 1 saturated carbocycles. The Hall–Kier alpha value is -2.90. The second-order valence-corrected chi connectivity index (χ2v) is 9.02. The molecule has 2 aromatic carbocycles. The van der Waals surface area contributed by atoms with Crippen molar-refractivity contribution in [2.45, 2.75) is 38.3 Å². The summed E-state index contributed by atoms with van der Waals surface area (Å²) in [5, 5.41) is 12.2. The van der Waals surface area contributed by atoms with Crippen molar-refractivity contribution in [3.63, 3.8) is 0 Å². The molecule has 7 nitrogen and oxygen atoms in total. The number of carbonyl (C=O) groups excluding carboxylic acids is 2. The minimum absolute atomic E-state index is 0.0129. The summed E-state index contributed by atoms with van der Waals surface area (Å²) < 4.78 is 0. The fourth-order valence-electron chi connectivity index (χ4n) is 4.56. The molecule has 2 N–H and O–H groups in total. The fraction of sp³-hybridized carbons (Fsp3) is 0.440. The van der Waals surface area contributed by atoms with E-state index in [0.29, 0.717) is 44.6 Å². The van der Waals surface area contributed by atoms with Crippen LogP contribution in [0.1, 0.15) is 42.1 Å². The summed E-state index contributed by atoms with van der Waals surface area (Å²) in [6.45, 7) is 5.95. The number of carbonyl (C=O) groups is 2. The van der Waals surface area contributed by atoms with Crippen molar-refractivity contribution in [3.05, 3.63) is 53.6 Å². The number of amides is 2. The zero-order valence-electron chi connectivity index (χ0n) is 18.5. The molecule has 0 radical (unpaired) electrons.